The van der Waals surface area contributed by atoms with Gasteiger partial charge < -0.3 is 16.8 Å². The van der Waals surface area contributed by atoms with E-state index in [0.717, 1.165) is 9.13 Å². The predicted octanol–water partition coefficient (Wildman–Crippen LogP) is 2.73. The van der Waals surface area contributed by atoms with Crippen LogP contribution in [0.5, 0.6) is 0 Å². The second kappa shape index (κ2) is 6.19. The molecule has 0 saturated heterocycles. The Balaban J connectivity index is 2.47. The summed E-state index contributed by atoms with van der Waals surface area (Å²) in [4.78, 5) is 11.4. The van der Waals surface area contributed by atoms with Gasteiger partial charge in [0.1, 0.15) is 5.82 Å². The number of nitrogens with one attached hydrogen (secondary N) is 1. The summed E-state index contributed by atoms with van der Waals surface area (Å²) in [6.45, 7) is 0.305. The summed E-state index contributed by atoms with van der Waals surface area (Å²) in [7, 11) is 0. The van der Waals surface area contributed by atoms with Crippen molar-refractivity contribution in [3.8, 4) is 0 Å². The van der Waals surface area contributed by atoms with Crippen molar-refractivity contribution in [2.24, 2.45) is 11.5 Å². The summed E-state index contributed by atoms with van der Waals surface area (Å²) in [5.41, 5.74) is 12.6. The van der Waals surface area contributed by atoms with Crippen LogP contribution in [0.4, 0.5) is 15.8 Å². The monoisotopic (exact) mass is 385 g/mol. The molecule has 0 aliphatic heterocycles. The lowest BCUT2D eigenvalue weighted by Crippen LogP contribution is -2.14. The molecule has 4 nitrogen and oxygen atoms in total. The zero-order chi connectivity index (χ0) is 14.7. The average molecular weight is 385 g/mol. The summed E-state index contributed by atoms with van der Waals surface area (Å²) in [6, 6.07) is 9.74. The fraction of sp³-hybridized carbons (Fsp3) is 0.0714. The van der Waals surface area contributed by atoms with Gasteiger partial charge in [-0.3, -0.25) is 4.79 Å². The molecule has 0 spiro atoms. The van der Waals surface area contributed by atoms with Crippen molar-refractivity contribution in [2.45, 2.75) is 6.54 Å². The van der Waals surface area contributed by atoms with Crippen LogP contribution in [0.1, 0.15) is 15.9 Å². The predicted molar refractivity (Wildman–Crippen MR) is 85.3 cm³/mol. The van der Waals surface area contributed by atoms with Crippen LogP contribution < -0.4 is 16.8 Å². The average Bonchev–Trinajstić information content (AvgIpc) is 2.42. The molecule has 20 heavy (non-hydrogen) atoms. The summed E-state index contributed by atoms with van der Waals surface area (Å²) < 4.78 is 14.9. The van der Waals surface area contributed by atoms with Crippen molar-refractivity contribution in [1.29, 1.82) is 0 Å². The fourth-order valence-electron chi connectivity index (χ4n) is 1.84. The Bertz CT molecular complexity index is 661. The van der Waals surface area contributed by atoms with E-state index in [1.165, 1.54) is 18.2 Å². The number of carbonyl (C=O) groups excluding carboxylic acids is 1. The fourth-order valence-corrected chi connectivity index (χ4v) is 2.40. The molecule has 0 atom stereocenters. The molecule has 6 heteroatoms. The number of amides is 1. The molecule has 0 unspecified atom stereocenters. The van der Waals surface area contributed by atoms with Crippen LogP contribution in [0.3, 0.4) is 0 Å². The van der Waals surface area contributed by atoms with E-state index in [-0.39, 0.29) is 11.3 Å². The highest BCUT2D eigenvalue weighted by atomic mass is 127. The smallest absolute Gasteiger partial charge is 0.250 e. The molecule has 2 aromatic carbocycles. The van der Waals surface area contributed by atoms with Crippen molar-refractivity contribution in [2.75, 3.05) is 5.32 Å². The number of primary amides is 1. The van der Waals surface area contributed by atoms with Crippen molar-refractivity contribution in [1.82, 2.24) is 0 Å². The first-order valence-electron chi connectivity index (χ1n) is 5.86. The molecule has 104 valence electrons. The number of carbonyl (C=O) groups is 1. The van der Waals surface area contributed by atoms with E-state index >= 15 is 0 Å². The maximum absolute atomic E-state index is 13.9. The van der Waals surface area contributed by atoms with Crippen LogP contribution in [0, 0.1) is 9.39 Å². The van der Waals surface area contributed by atoms with Gasteiger partial charge in [0, 0.05) is 15.8 Å². The molecule has 0 radical (unpaired) electrons. The van der Waals surface area contributed by atoms with E-state index in [1.54, 1.807) is 6.07 Å². The Morgan fingerprint density at radius 2 is 2.05 bits per heavy atom. The highest BCUT2D eigenvalue weighted by Crippen LogP contribution is 2.27. The number of nitrogens with two attached hydrogens (primary N) is 2. The van der Waals surface area contributed by atoms with Crippen molar-refractivity contribution in [3.63, 3.8) is 0 Å². The number of halogens is 2. The Hall–Kier alpha value is -1.67. The number of rotatable bonds is 4. The Morgan fingerprint density at radius 1 is 1.30 bits per heavy atom. The van der Waals surface area contributed by atoms with Gasteiger partial charge in [0.2, 0.25) is 0 Å². The maximum atomic E-state index is 13.9. The SMILES string of the molecule is NCc1cc(I)ccc1Nc1c(F)cccc1C(N)=O. The Morgan fingerprint density at radius 3 is 2.70 bits per heavy atom. The van der Waals surface area contributed by atoms with Gasteiger partial charge in [-0.15, -0.1) is 0 Å². The van der Waals surface area contributed by atoms with Crippen LogP contribution >= 0.6 is 22.6 Å². The molecule has 0 aromatic heterocycles. The van der Waals surface area contributed by atoms with Gasteiger partial charge in [-0.2, -0.15) is 0 Å². The molecule has 2 rings (SSSR count). The number of anilines is 2. The van der Waals surface area contributed by atoms with Gasteiger partial charge in [0.15, 0.2) is 0 Å². The zero-order valence-electron chi connectivity index (χ0n) is 10.5. The van der Waals surface area contributed by atoms with Crippen molar-refractivity contribution in [3.05, 3.63) is 56.9 Å². The second-order valence-corrected chi connectivity index (χ2v) is 5.40. The van der Waals surface area contributed by atoms with E-state index in [0.29, 0.717) is 12.2 Å². The van der Waals surface area contributed by atoms with E-state index in [2.05, 4.69) is 27.9 Å². The van der Waals surface area contributed by atoms with Gasteiger partial charge in [-0.25, -0.2) is 4.39 Å². The molecule has 0 saturated carbocycles. The molecule has 0 aliphatic rings. The summed E-state index contributed by atoms with van der Waals surface area (Å²) >= 11 is 2.17. The van der Waals surface area contributed by atoms with Crippen LogP contribution in [0.2, 0.25) is 0 Å². The van der Waals surface area contributed by atoms with Gasteiger partial charge in [-0.1, -0.05) is 6.07 Å². The van der Waals surface area contributed by atoms with Crippen molar-refractivity contribution >= 4 is 39.9 Å². The molecule has 0 fully saturated rings. The lowest BCUT2D eigenvalue weighted by molar-refractivity contribution is 0.100. The lowest BCUT2D eigenvalue weighted by Gasteiger charge is -2.14. The second-order valence-electron chi connectivity index (χ2n) is 4.16. The molecule has 1 amide bonds. The zero-order valence-corrected chi connectivity index (χ0v) is 12.6. The molecule has 5 N–H and O–H groups in total. The molecule has 0 aliphatic carbocycles. The van der Waals surface area contributed by atoms with Gasteiger partial charge in [-0.05, 0) is 58.5 Å². The van der Waals surface area contributed by atoms with E-state index in [9.17, 15) is 9.18 Å². The molecular formula is C14H13FIN3O. The minimum Gasteiger partial charge on any atom is -0.366 e. The third-order valence-corrected chi connectivity index (χ3v) is 3.50. The molecule has 2 aromatic rings. The number of benzene rings is 2. The van der Waals surface area contributed by atoms with Crippen LogP contribution in [0.25, 0.3) is 0 Å². The van der Waals surface area contributed by atoms with Crippen LogP contribution in [-0.2, 0) is 6.54 Å². The third kappa shape index (κ3) is 3.07. The van der Waals surface area contributed by atoms with E-state index in [4.69, 9.17) is 11.5 Å². The van der Waals surface area contributed by atoms with Crippen molar-refractivity contribution < 1.29 is 9.18 Å². The van der Waals surface area contributed by atoms with E-state index < -0.39 is 11.7 Å². The molecule has 0 bridgehead atoms. The third-order valence-electron chi connectivity index (χ3n) is 2.83. The Kier molecular flexibility index (Phi) is 4.56. The van der Waals surface area contributed by atoms with Crippen LogP contribution in [-0.4, -0.2) is 5.91 Å². The quantitative estimate of drug-likeness (QED) is 0.708. The normalized spacial score (nSPS) is 10.3. The Labute approximate surface area is 129 Å². The van der Waals surface area contributed by atoms with Gasteiger partial charge in [0.05, 0.1) is 11.3 Å². The number of hydrogen-bond donors (Lipinski definition) is 3. The summed E-state index contributed by atoms with van der Waals surface area (Å²) in [5, 5.41) is 2.91. The molecule has 0 heterocycles. The largest absolute Gasteiger partial charge is 0.366 e. The topological polar surface area (TPSA) is 81.1 Å². The highest BCUT2D eigenvalue weighted by Gasteiger charge is 2.14. The molecular weight excluding hydrogens is 372 g/mol. The highest BCUT2D eigenvalue weighted by molar-refractivity contribution is 14.1. The minimum absolute atomic E-state index is 0.0657. The van der Waals surface area contributed by atoms with Gasteiger partial charge >= 0.3 is 0 Å². The first kappa shape index (κ1) is 14.7. The van der Waals surface area contributed by atoms with Gasteiger partial charge in [0.25, 0.3) is 5.91 Å². The first-order chi connectivity index (χ1) is 9.52. The van der Waals surface area contributed by atoms with Crippen LogP contribution in [0.15, 0.2) is 36.4 Å². The summed E-state index contributed by atoms with van der Waals surface area (Å²) in [6.07, 6.45) is 0. The minimum atomic E-state index is -0.688. The van der Waals surface area contributed by atoms with E-state index in [1.807, 2.05) is 12.1 Å². The summed E-state index contributed by atoms with van der Waals surface area (Å²) in [5.74, 6) is -1.23. The lowest BCUT2D eigenvalue weighted by atomic mass is 10.1. The standard InChI is InChI=1S/C14H13FIN3O/c15-11-3-1-2-10(14(18)20)13(11)19-12-5-4-9(16)6-8(12)7-17/h1-6,19H,7,17H2,(H2,18,20). The first-order valence-corrected chi connectivity index (χ1v) is 6.94. The maximum Gasteiger partial charge on any atom is 0.250 e. The number of hydrogen-bond acceptors (Lipinski definition) is 3. The number of para-hydroxylation sites is 1.